The zero-order valence-corrected chi connectivity index (χ0v) is 11.1. The van der Waals surface area contributed by atoms with Gasteiger partial charge in [-0.15, -0.1) is 11.3 Å². The Balaban J connectivity index is 2.23. The third-order valence-electron chi connectivity index (χ3n) is 2.45. The van der Waals surface area contributed by atoms with Crippen molar-refractivity contribution in [3.8, 4) is 0 Å². The third kappa shape index (κ3) is 5.09. The van der Waals surface area contributed by atoms with E-state index in [1.165, 1.54) is 0 Å². The molecule has 0 spiro atoms. The van der Waals surface area contributed by atoms with Crippen LogP contribution in [-0.4, -0.2) is 31.1 Å². The Labute approximate surface area is 101 Å². The van der Waals surface area contributed by atoms with Gasteiger partial charge in [0.1, 0.15) is 9.84 Å². The molecule has 1 N–H and O–H groups in total. The Morgan fingerprint density at radius 1 is 1.50 bits per heavy atom. The van der Waals surface area contributed by atoms with Gasteiger partial charge in [0.05, 0.1) is 11.9 Å². The number of hydrogen-bond donors (Lipinski definition) is 1. The summed E-state index contributed by atoms with van der Waals surface area (Å²) >= 11 is 1.62. The van der Waals surface area contributed by atoms with Gasteiger partial charge in [-0.2, -0.15) is 0 Å². The fourth-order valence-electron chi connectivity index (χ4n) is 1.45. The van der Waals surface area contributed by atoms with Gasteiger partial charge < -0.3 is 5.11 Å². The smallest absolute Gasteiger partial charge is 0.150 e. The van der Waals surface area contributed by atoms with Gasteiger partial charge in [0, 0.05) is 17.1 Å². The highest BCUT2D eigenvalue weighted by Gasteiger charge is 2.10. The molecule has 0 fully saturated rings. The molecule has 0 amide bonds. The molecule has 1 aromatic heterocycles. The molecule has 0 saturated carbocycles. The molecule has 1 aromatic rings. The summed E-state index contributed by atoms with van der Waals surface area (Å²) in [7, 11) is -2.89. The van der Waals surface area contributed by atoms with Crippen LogP contribution in [0.3, 0.4) is 0 Å². The summed E-state index contributed by atoms with van der Waals surface area (Å²) in [5, 5.41) is 11.7. The van der Waals surface area contributed by atoms with Crippen molar-refractivity contribution in [3.05, 3.63) is 22.4 Å². The average Bonchev–Trinajstić information content (AvgIpc) is 2.70. The van der Waals surface area contributed by atoms with Crippen molar-refractivity contribution >= 4 is 21.2 Å². The highest BCUT2D eigenvalue weighted by Crippen LogP contribution is 2.13. The van der Waals surface area contributed by atoms with Crippen LogP contribution in [0.15, 0.2) is 17.5 Å². The molecule has 1 atom stereocenters. The molecule has 0 radical (unpaired) electrons. The standard InChI is InChI=1S/C11H18O3S2/c1-2-16(13,14)8-4-5-10(12)9-11-6-3-7-15-11/h3,6-7,10,12H,2,4-5,8-9H2,1H3. The fourth-order valence-corrected chi connectivity index (χ4v) is 3.12. The first-order valence-corrected chi connectivity index (χ1v) is 8.14. The van der Waals surface area contributed by atoms with Crippen LogP contribution in [0.2, 0.25) is 0 Å². The lowest BCUT2D eigenvalue weighted by molar-refractivity contribution is 0.165. The van der Waals surface area contributed by atoms with Gasteiger partial charge in [-0.1, -0.05) is 13.0 Å². The lowest BCUT2D eigenvalue weighted by atomic mass is 10.1. The predicted molar refractivity (Wildman–Crippen MR) is 67.6 cm³/mol. The van der Waals surface area contributed by atoms with E-state index in [0.717, 1.165) is 4.88 Å². The molecule has 0 aliphatic heterocycles. The van der Waals surface area contributed by atoms with E-state index in [1.807, 2.05) is 17.5 Å². The maximum Gasteiger partial charge on any atom is 0.150 e. The highest BCUT2D eigenvalue weighted by atomic mass is 32.2. The molecule has 1 rings (SSSR count). The molecule has 0 bridgehead atoms. The Hall–Kier alpha value is -0.390. The number of rotatable bonds is 7. The van der Waals surface area contributed by atoms with Crippen LogP contribution in [0.1, 0.15) is 24.6 Å². The first-order valence-electron chi connectivity index (χ1n) is 5.44. The topological polar surface area (TPSA) is 54.4 Å². The fraction of sp³-hybridized carbons (Fsp3) is 0.636. The van der Waals surface area contributed by atoms with Crippen molar-refractivity contribution in [2.24, 2.45) is 0 Å². The van der Waals surface area contributed by atoms with Crippen molar-refractivity contribution < 1.29 is 13.5 Å². The van der Waals surface area contributed by atoms with E-state index in [1.54, 1.807) is 18.3 Å². The van der Waals surface area contributed by atoms with Crippen molar-refractivity contribution in [3.63, 3.8) is 0 Å². The molecule has 1 heterocycles. The third-order valence-corrected chi connectivity index (χ3v) is 5.14. The lowest BCUT2D eigenvalue weighted by Gasteiger charge is -2.08. The van der Waals surface area contributed by atoms with Crippen LogP contribution in [0.4, 0.5) is 0 Å². The van der Waals surface area contributed by atoms with Gasteiger partial charge >= 0.3 is 0 Å². The van der Waals surface area contributed by atoms with Crippen LogP contribution in [0.5, 0.6) is 0 Å². The van der Waals surface area contributed by atoms with E-state index in [9.17, 15) is 13.5 Å². The second kappa shape index (κ2) is 6.37. The number of hydrogen-bond acceptors (Lipinski definition) is 4. The minimum Gasteiger partial charge on any atom is -0.393 e. The van der Waals surface area contributed by atoms with Crippen molar-refractivity contribution in [1.29, 1.82) is 0 Å². The zero-order chi connectivity index (χ0) is 12.0. The Bertz CT molecular complexity index is 381. The largest absolute Gasteiger partial charge is 0.393 e. The average molecular weight is 262 g/mol. The number of aliphatic hydroxyl groups excluding tert-OH is 1. The quantitative estimate of drug-likeness (QED) is 0.816. The second-order valence-electron chi connectivity index (χ2n) is 3.82. The van der Waals surface area contributed by atoms with E-state index in [2.05, 4.69) is 0 Å². The van der Waals surface area contributed by atoms with E-state index < -0.39 is 15.9 Å². The maximum atomic E-state index is 11.2. The van der Waals surface area contributed by atoms with E-state index >= 15 is 0 Å². The molecular weight excluding hydrogens is 244 g/mol. The number of sulfone groups is 1. The van der Waals surface area contributed by atoms with Crippen LogP contribution >= 0.6 is 11.3 Å². The minimum atomic E-state index is -2.89. The van der Waals surface area contributed by atoms with E-state index in [-0.39, 0.29) is 11.5 Å². The monoisotopic (exact) mass is 262 g/mol. The minimum absolute atomic E-state index is 0.186. The summed E-state index contributed by atoms with van der Waals surface area (Å²) in [4.78, 5) is 1.14. The summed E-state index contributed by atoms with van der Waals surface area (Å²) in [6.45, 7) is 1.65. The highest BCUT2D eigenvalue weighted by molar-refractivity contribution is 7.91. The molecule has 0 aromatic carbocycles. The predicted octanol–water partition coefficient (Wildman–Crippen LogP) is 1.87. The Kier molecular flexibility index (Phi) is 5.44. The lowest BCUT2D eigenvalue weighted by Crippen LogP contribution is -2.14. The van der Waals surface area contributed by atoms with Gasteiger partial charge in [-0.25, -0.2) is 8.42 Å². The van der Waals surface area contributed by atoms with Crippen molar-refractivity contribution in [2.75, 3.05) is 11.5 Å². The SMILES string of the molecule is CCS(=O)(=O)CCCC(O)Cc1cccs1. The first-order chi connectivity index (χ1) is 7.53. The first kappa shape index (κ1) is 13.7. The summed E-state index contributed by atoms with van der Waals surface area (Å²) in [6.07, 6.45) is 1.30. The van der Waals surface area contributed by atoms with Crippen LogP contribution < -0.4 is 0 Å². The van der Waals surface area contributed by atoms with E-state index in [4.69, 9.17) is 0 Å². The summed E-state index contributed by atoms with van der Waals surface area (Å²) in [5.74, 6) is 0.374. The number of aliphatic hydroxyl groups is 1. The van der Waals surface area contributed by atoms with E-state index in [0.29, 0.717) is 19.3 Å². The second-order valence-corrected chi connectivity index (χ2v) is 7.32. The van der Waals surface area contributed by atoms with Gasteiger partial charge in [0.25, 0.3) is 0 Å². The van der Waals surface area contributed by atoms with Crippen LogP contribution in [-0.2, 0) is 16.3 Å². The normalized spacial score (nSPS) is 13.9. The van der Waals surface area contributed by atoms with Crippen LogP contribution in [0.25, 0.3) is 0 Å². The molecule has 5 heteroatoms. The Morgan fingerprint density at radius 3 is 2.81 bits per heavy atom. The van der Waals surface area contributed by atoms with Gasteiger partial charge in [-0.3, -0.25) is 0 Å². The van der Waals surface area contributed by atoms with Gasteiger partial charge in [0.15, 0.2) is 0 Å². The van der Waals surface area contributed by atoms with Crippen molar-refractivity contribution in [1.82, 2.24) is 0 Å². The van der Waals surface area contributed by atoms with Gasteiger partial charge in [0.2, 0.25) is 0 Å². The maximum absolute atomic E-state index is 11.2. The molecule has 16 heavy (non-hydrogen) atoms. The molecule has 0 aliphatic carbocycles. The van der Waals surface area contributed by atoms with Crippen molar-refractivity contribution in [2.45, 2.75) is 32.3 Å². The molecule has 0 aliphatic rings. The molecule has 0 saturated heterocycles. The van der Waals surface area contributed by atoms with Gasteiger partial charge in [-0.05, 0) is 24.3 Å². The summed E-state index contributed by atoms with van der Waals surface area (Å²) in [5.41, 5.74) is 0. The zero-order valence-electron chi connectivity index (χ0n) is 9.43. The Morgan fingerprint density at radius 2 is 2.25 bits per heavy atom. The summed E-state index contributed by atoms with van der Waals surface area (Å²) < 4.78 is 22.4. The van der Waals surface area contributed by atoms with Crippen LogP contribution in [0, 0.1) is 0 Å². The molecule has 3 nitrogen and oxygen atoms in total. The molecular formula is C11H18O3S2. The molecule has 92 valence electrons. The summed E-state index contributed by atoms with van der Waals surface area (Å²) in [6, 6.07) is 3.94. The molecule has 1 unspecified atom stereocenters. The number of thiophene rings is 1.